The van der Waals surface area contributed by atoms with Crippen molar-refractivity contribution in [1.29, 1.82) is 0 Å². The first-order valence-corrected chi connectivity index (χ1v) is 4.64. The van der Waals surface area contributed by atoms with Crippen molar-refractivity contribution < 1.29 is 9.57 Å². The van der Waals surface area contributed by atoms with Gasteiger partial charge in [-0.1, -0.05) is 40.7 Å². The van der Waals surface area contributed by atoms with Crippen LogP contribution in [0, 0.1) is 0 Å². The summed E-state index contributed by atoms with van der Waals surface area (Å²) in [6.07, 6.45) is 4.74. The Balaban J connectivity index is 2.54. The zero-order valence-electron chi connectivity index (χ0n) is 8.15. The van der Waals surface area contributed by atoms with Gasteiger partial charge in [-0.15, -0.1) is 6.58 Å². The predicted molar refractivity (Wildman–Crippen MR) is 58.6 cm³/mol. The van der Waals surface area contributed by atoms with Crippen molar-refractivity contribution in [3.05, 3.63) is 36.5 Å². The van der Waals surface area contributed by atoms with Crippen molar-refractivity contribution in [2.24, 2.45) is 5.10 Å². The van der Waals surface area contributed by atoms with Crippen LogP contribution in [0.1, 0.15) is 0 Å². The highest BCUT2D eigenvalue weighted by Crippen LogP contribution is 2.07. The van der Waals surface area contributed by atoms with Gasteiger partial charge >= 0.3 is 0 Å². The first-order chi connectivity index (χ1) is 7.26. The maximum Gasteiger partial charge on any atom is 0.238 e. The number of nitrogens with one attached hydrogen (secondary N) is 1. The predicted octanol–water partition coefficient (Wildman–Crippen LogP) is 1.52. The van der Waals surface area contributed by atoms with Gasteiger partial charge in [-0.2, -0.15) is 0 Å². The van der Waals surface area contributed by atoms with Crippen LogP contribution in [0.2, 0.25) is 0 Å². The zero-order chi connectivity index (χ0) is 11.1. The molecule has 1 aliphatic rings. The van der Waals surface area contributed by atoms with Crippen LogP contribution in [0.5, 0.6) is 0 Å². The van der Waals surface area contributed by atoms with E-state index in [-0.39, 0.29) is 0 Å². The van der Waals surface area contributed by atoms with Crippen LogP contribution in [-0.4, -0.2) is 24.4 Å². The smallest absolute Gasteiger partial charge is 0.238 e. The maximum absolute atomic E-state index is 5.78. The Morgan fingerprint density at radius 2 is 2.20 bits per heavy atom. The molecule has 1 aliphatic heterocycles. The fourth-order valence-electron chi connectivity index (χ4n) is 0.775. The summed E-state index contributed by atoms with van der Waals surface area (Å²) in [6.45, 7) is 7.71. The summed E-state index contributed by atoms with van der Waals surface area (Å²) in [5.74, 6) is 0.350. The van der Waals surface area contributed by atoms with Crippen molar-refractivity contribution in [2.75, 3.05) is 13.2 Å². The summed E-state index contributed by atoms with van der Waals surface area (Å²) in [6, 6.07) is 0. The average Bonchev–Trinajstić information content (AvgIpc) is 2.23. The lowest BCUT2D eigenvalue weighted by Crippen LogP contribution is -2.36. The van der Waals surface area contributed by atoms with Crippen molar-refractivity contribution in [1.82, 2.24) is 10.7 Å². The second kappa shape index (κ2) is 6.10. The number of nitrogens with zero attached hydrogens (tertiary/aromatic N) is 2. The van der Waals surface area contributed by atoms with Crippen LogP contribution in [-0.2, 0) is 9.57 Å². The monoisotopic (exact) mass is 229 g/mol. The highest BCUT2D eigenvalue weighted by molar-refractivity contribution is 6.30. The van der Waals surface area contributed by atoms with Gasteiger partial charge < -0.3 is 4.74 Å². The molecule has 82 valence electrons. The Morgan fingerprint density at radius 1 is 1.47 bits per heavy atom. The fourth-order valence-corrected chi connectivity index (χ4v) is 0.940. The molecule has 0 saturated heterocycles. The number of hydrogen-bond acceptors (Lipinski definition) is 5. The van der Waals surface area contributed by atoms with E-state index in [1.165, 1.54) is 0 Å². The maximum atomic E-state index is 5.78. The standard InChI is InChI=1S/C9H12ClN3O2/c1-3-5-14-9-7-8(10)11-13(12-9)15-6-4-2/h3-4,7,11H,1-2,5-6H2. The number of hydrogen-bond donors (Lipinski definition) is 1. The van der Waals surface area contributed by atoms with E-state index in [9.17, 15) is 0 Å². The van der Waals surface area contributed by atoms with E-state index in [4.69, 9.17) is 21.2 Å². The quantitative estimate of drug-likeness (QED) is 0.574. The van der Waals surface area contributed by atoms with Gasteiger partial charge in [-0.05, 0) is 0 Å². The van der Waals surface area contributed by atoms with Crippen LogP contribution in [0.15, 0.2) is 41.6 Å². The molecule has 0 saturated carbocycles. The first-order valence-electron chi connectivity index (χ1n) is 4.26. The number of halogens is 1. The van der Waals surface area contributed by atoms with E-state index >= 15 is 0 Å². The van der Waals surface area contributed by atoms with Crippen LogP contribution < -0.4 is 5.43 Å². The summed E-state index contributed by atoms with van der Waals surface area (Å²) in [4.78, 5) is 5.10. The number of hydrazine groups is 1. The van der Waals surface area contributed by atoms with Gasteiger partial charge in [0.15, 0.2) is 0 Å². The highest BCUT2D eigenvalue weighted by atomic mass is 35.5. The summed E-state index contributed by atoms with van der Waals surface area (Å²) in [5.41, 5.74) is 2.65. The van der Waals surface area contributed by atoms with E-state index < -0.39 is 0 Å². The molecular weight excluding hydrogens is 218 g/mol. The topological polar surface area (TPSA) is 46.1 Å². The van der Waals surface area contributed by atoms with E-state index in [1.807, 2.05) is 0 Å². The molecule has 0 aromatic carbocycles. The van der Waals surface area contributed by atoms with Crippen molar-refractivity contribution in [2.45, 2.75) is 0 Å². The fraction of sp³-hybridized carbons (Fsp3) is 0.222. The molecule has 0 fully saturated rings. The third-order valence-corrected chi connectivity index (χ3v) is 1.50. The minimum Gasteiger partial charge on any atom is -0.472 e. The Hall–Kier alpha value is -1.46. The Morgan fingerprint density at radius 3 is 2.87 bits per heavy atom. The molecule has 0 spiro atoms. The molecule has 0 aliphatic carbocycles. The summed E-state index contributed by atoms with van der Waals surface area (Å²) < 4.78 is 5.20. The SMILES string of the molecule is C=CCOC1=NN(OCC=C)NC(Cl)=C1. The molecule has 1 heterocycles. The molecule has 0 amide bonds. The molecule has 1 rings (SSSR count). The van der Waals surface area contributed by atoms with Gasteiger partial charge in [0, 0.05) is 6.08 Å². The number of hydrazone groups is 1. The highest BCUT2D eigenvalue weighted by Gasteiger charge is 2.12. The minimum absolute atomic E-state index is 0.315. The molecule has 5 nitrogen and oxygen atoms in total. The van der Waals surface area contributed by atoms with Gasteiger partial charge in [0.2, 0.25) is 5.90 Å². The molecule has 15 heavy (non-hydrogen) atoms. The second-order valence-corrected chi connectivity index (χ2v) is 2.91. The molecule has 0 unspecified atom stereocenters. The van der Waals surface area contributed by atoms with Crippen LogP contribution in [0.25, 0.3) is 0 Å². The number of ether oxygens (including phenoxy) is 1. The van der Waals surface area contributed by atoms with Crippen molar-refractivity contribution in [3.63, 3.8) is 0 Å². The molecule has 6 heteroatoms. The van der Waals surface area contributed by atoms with Gasteiger partial charge in [0.05, 0.1) is 6.61 Å². The third-order valence-electron chi connectivity index (χ3n) is 1.31. The zero-order valence-corrected chi connectivity index (χ0v) is 8.91. The normalized spacial score (nSPS) is 14.9. The molecule has 1 N–H and O–H groups in total. The molecule has 0 bridgehead atoms. The van der Waals surface area contributed by atoms with E-state index in [1.54, 1.807) is 18.2 Å². The third kappa shape index (κ3) is 4.05. The Labute approximate surface area is 93.2 Å². The average molecular weight is 230 g/mol. The molecule has 0 aromatic heterocycles. The Kier molecular flexibility index (Phi) is 4.73. The summed E-state index contributed by atoms with van der Waals surface area (Å²) in [5, 5.41) is 5.41. The summed E-state index contributed by atoms with van der Waals surface area (Å²) in [7, 11) is 0. The molecule has 0 radical (unpaired) electrons. The Bertz CT molecular complexity index is 302. The largest absolute Gasteiger partial charge is 0.472 e. The van der Waals surface area contributed by atoms with Gasteiger partial charge in [0.25, 0.3) is 0 Å². The van der Waals surface area contributed by atoms with E-state index in [2.05, 4.69) is 23.7 Å². The lowest BCUT2D eigenvalue weighted by molar-refractivity contribution is -0.180. The van der Waals surface area contributed by atoms with Gasteiger partial charge in [0.1, 0.15) is 11.8 Å². The lowest BCUT2D eigenvalue weighted by atomic mass is 10.6. The van der Waals surface area contributed by atoms with E-state index in [0.717, 1.165) is 5.28 Å². The van der Waals surface area contributed by atoms with Gasteiger partial charge in [-0.25, -0.2) is 10.3 Å². The summed E-state index contributed by atoms with van der Waals surface area (Å²) >= 11 is 5.78. The lowest BCUT2D eigenvalue weighted by Gasteiger charge is -2.22. The molecule has 0 aromatic rings. The van der Waals surface area contributed by atoms with Crippen LogP contribution >= 0.6 is 11.6 Å². The molecule has 0 atom stereocenters. The number of rotatable bonds is 5. The first kappa shape index (κ1) is 11.6. The van der Waals surface area contributed by atoms with E-state index in [0.29, 0.717) is 24.3 Å². The molecular formula is C9H12ClN3O2. The van der Waals surface area contributed by atoms with Gasteiger partial charge in [-0.3, -0.25) is 0 Å². The van der Waals surface area contributed by atoms with Crippen molar-refractivity contribution >= 4 is 17.5 Å². The van der Waals surface area contributed by atoms with Crippen LogP contribution in [0.3, 0.4) is 0 Å². The second-order valence-electron chi connectivity index (χ2n) is 2.50. The minimum atomic E-state index is 0.315. The van der Waals surface area contributed by atoms with Crippen LogP contribution in [0.4, 0.5) is 0 Å². The van der Waals surface area contributed by atoms with Crippen molar-refractivity contribution in [3.8, 4) is 0 Å².